The van der Waals surface area contributed by atoms with E-state index in [1.54, 1.807) is 32.9 Å². The Hall–Kier alpha value is -2.69. The van der Waals surface area contributed by atoms with Crippen LogP contribution in [0.3, 0.4) is 0 Å². The number of carbonyl (C=O) groups excluding carboxylic acids is 1. The molecule has 0 unspecified atom stereocenters. The molecule has 0 aliphatic rings. The summed E-state index contributed by atoms with van der Waals surface area (Å²) < 4.78 is 5.94. The zero-order valence-corrected chi connectivity index (χ0v) is 14.7. The number of aryl methyl sites for hydroxylation is 2. The molecular formula is C19H24N2O3. The van der Waals surface area contributed by atoms with Crippen LogP contribution in [0.1, 0.15) is 31.9 Å². The second-order valence-corrected chi connectivity index (χ2v) is 6.97. The molecule has 0 heterocycles. The SMILES string of the molecule is Cc1cc(N)cc(C)c1Oc1ccc(O)c(NC(=O)C(C)(C)C)c1. The van der Waals surface area contributed by atoms with Gasteiger partial charge in [-0.1, -0.05) is 20.8 Å². The number of benzene rings is 2. The van der Waals surface area contributed by atoms with Gasteiger partial charge in [-0.15, -0.1) is 0 Å². The molecule has 2 aromatic rings. The second kappa shape index (κ2) is 6.43. The van der Waals surface area contributed by atoms with Crippen molar-refractivity contribution in [3.8, 4) is 17.2 Å². The van der Waals surface area contributed by atoms with E-state index < -0.39 is 5.41 Å². The molecule has 0 saturated heterocycles. The van der Waals surface area contributed by atoms with Crippen molar-refractivity contribution in [2.24, 2.45) is 5.41 Å². The number of amides is 1. The second-order valence-electron chi connectivity index (χ2n) is 6.97. The number of nitrogens with two attached hydrogens (primary N) is 1. The molecule has 0 aliphatic carbocycles. The maximum atomic E-state index is 12.1. The van der Waals surface area contributed by atoms with Gasteiger partial charge in [0.25, 0.3) is 0 Å². The van der Waals surface area contributed by atoms with Crippen molar-refractivity contribution in [2.45, 2.75) is 34.6 Å². The quantitative estimate of drug-likeness (QED) is 0.577. The molecule has 2 rings (SSSR count). The largest absolute Gasteiger partial charge is 0.506 e. The van der Waals surface area contributed by atoms with Crippen LogP contribution in [0.4, 0.5) is 11.4 Å². The average Bonchev–Trinajstić information content (AvgIpc) is 2.45. The minimum absolute atomic E-state index is 0.00861. The molecule has 0 aliphatic heterocycles. The molecule has 0 atom stereocenters. The van der Waals surface area contributed by atoms with Gasteiger partial charge in [0.05, 0.1) is 5.69 Å². The van der Waals surface area contributed by atoms with Crippen LogP contribution in [0.5, 0.6) is 17.2 Å². The normalized spacial score (nSPS) is 11.2. The number of phenolic OH excluding ortho intramolecular Hbond substituents is 1. The van der Waals surface area contributed by atoms with E-state index in [0.717, 1.165) is 11.1 Å². The maximum absolute atomic E-state index is 12.1. The van der Waals surface area contributed by atoms with Crippen molar-refractivity contribution >= 4 is 17.3 Å². The number of hydrogen-bond donors (Lipinski definition) is 3. The molecule has 0 aromatic heterocycles. The first-order valence-electron chi connectivity index (χ1n) is 7.77. The fourth-order valence-electron chi connectivity index (χ4n) is 2.25. The zero-order valence-electron chi connectivity index (χ0n) is 14.7. The Morgan fingerprint density at radius 2 is 1.71 bits per heavy atom. The van der Waals surface area contributed by atoms with Crippen LogP contribution in [-0.2, 0) is 4.79 Å². The van der Waals surface area contributed by atoms with Crippen LogP contribution in [0.25, 0.3) is 0 Å². The van der Waals surface area contributed by atoms with Gasteiger partial charge < -0.3 is 20.9 Å². The summed E-state index contributed by atoms with van der Waals surface area (Å²) in [5, 5.41) is 12.7. The lowest BCUT2D eigenvalue weighted by Gasteiger charge is -2.19. The summed E-state index contributed by atoms with van der Waals surface area (Å²) in [7, 11) is 0. The topological polar surface area (TPSA) is 84.6 Å². The van der Waals surface area contributed by atoms with Crippen LogP contribution in [-0.4, -0.2) is 11.0 Å². The van der Waals surface area contributed by atoms with Gasteiger partial charge in [-0.05, 0) is 49.2 Å². The Morgan fingerprint density at radius 1 is 1.12 bits per heavy atom. The molecule has 5 heteroatoms. The third-order valence-corrected chi connectivity index (χ3v) is 3.60. The zero-order chi connectivity index (χ0) is 18.1. The number of hydrogen-bond acceptors (Lipinski definition) is 4. The highest BCUT2D eigenvalue weighted by Crippen LogP contribution is 2.35. The summed E-state index contributed by atoms with van der Waals surface area (Å²) in [6.07, 6.45) is 0. The molecule has 0 bridgehead atoms. The Balaban J connectivity index is 2.31. The van der Waals surface area contributed by atoms with Gasteiger partial charge in [0.15, 0.2) is 0 Å². The summed E-state index contributed by atoms with van der Waals surface area (Å²) in [6, 6.07) is 8.43. The first-order valence-corrected chi connectivity index (χ1v) is 7.77. The van der Waals surface area contributed by atoms with Crippen molar-refractivity contribution in [3.05, 3.63) is 41.5 Å². The Kier molecular flexibility index (Phi) is 4.73. The molecule has 0 spiro atoms. The third-order valence-electron chi connectivity index (χ3n) is 3.60. The molecule has 5 nitrogen and oxygen atoms in total. The number of rotatable bonds is 3. The Morgan fingerprint density at radius 3 is 2.25 bits per heavy atom. The lowest BCUT2D eigenvalue weighted by Crippen LogP contribution is -2.27. The van der Waals surface area contributed by atoms with Crippen molar-refractivity contribution in [1.29, 1.82) is 0 Å². The van der Waals surface area contributed by atoms with E-state index in [0.29, 0.717) is 22.9 Å². The van der Waals surface area contributed by atoms with Crippen molar-refractivity contribution < 1.29 is 14.6 Å². The van der Waals surface area contributed by atoms with Gasteiger partial charge in [-0.3, -0.25) is 4.79 Å². The van der Waals surface area contributed by atoms with Gasteiger partial charge >= 0.3 is 0 Å². The fraction of sp³-hybridized carbons (Fsp3) is 0.316. The number of carbonyl (C=O) groups is 1. The van der Waals surface area contributed by atoms with Crippen LogP contribution in [0.2, 0.25) is 0 Å². The van der Waals surface area contributed by atoms with E-state index in [9.17, 15) is 9.90 Å². The van der Waals surface area contributed by atoms with Gasteiger partial charge in [0.1, 0.15) is 17.2 Å². The summed E-state index contributed by atoms with van der Waals surface area (Å²) >= 11 is 0. The Bertz CT molecular complexity index is 754. The monoisotopic (exact) mass is 328 g/mol. The average molecular weight is 328 g/mol. The van der Waals surface area contributed by atoms with E-state index in [2.05, 4.69) is 5.32 Å². The van der Waals surface area contributed by atoms with Crippen molar-refractivity contribution in [3.63, 3.8) is 0 Å². The maximum Gasteiger partial charge on any atom is 0.229 e. The van der Waals surface area contributed by atoms with Crippen molar-refractivity contribution in [1.82, 2.24) is 0 Å². The molecule has 2 aromatic carbocycles. The minimum atomic E-state index is -0.562. The molecule has 0 radical (unpaired) electrons. The molecule has 24 heavy (non-hydrogen) atoms. The molecule has 4 N–H and O–H groups in total. The molecule has 0 fully saturated rings. The first-order chi connectivity index (χ1) is 11.1. The minimum Gasteiger partial charge on any atom is -0.506 e. The summed E-state index contributed by atoms with van der Waals surface area (Å²) in [5.74, 6) is 1.04. The smallest absolute Gasteiger partial charge is 0.229 e. The van der Waals surface area contributed by atoms with E-state index in [1.807, 2.05) is 26.0 Å². The highest BCUT2D eigenvalue weighted by molar-refractivity contribution is 5.95. The number of nitrogens with one attached hydrogen (secondary N) is 1. The van der Waals surface area contributed by atoms with Crippen LogP contribution >= 0.6 is 0 Å². The lowest BCUT2D eigenvalue weighted by atomic mass is 9.95. The molecule has 0 saturated carbocycles. The fourth-order valence-corrected chi connectivity index (χ4v) is 2.25. The number of aromatic hydroxyl groups is 1. The van der Waals surface area contributed by atoms with Crippen LogP contribution in [0.15, 0.2) is 30.3 Å². The van der Waals surface area contributed by atoms with E-state index in [4.69, 9.17) is 10.5 Å². The highest BCUT2D eigenvalue weighted by Gasteiger charge is 2.22. The predicted molar refractivity (Wildman–Crippen MR) is 96.6 cm³/mol. The third kappa shape index (κ3) is 3.98. The molecule has 128 valence electrons. The lowest BCUT2D eigenvalue weighted by molar-refractivity contribution is -0.123. The van der Waals surface area contributed by atoms with E-state index in [-0.39, 0.29) is 11.7 Å². The molecular weight excluding hydrogens is 304 g/mol. The Labute approximate surface area is 142 Å². The number of ether oxygens (including phenoxy) is 1. The van der Waals surface area contributed by atoms with Crippen molar-refractivity contribution in [2.75, 3.05) is 11.1 Å². The summed E-state index contributed by atoms with van der Waals surface area (Å²) in [4.78, 5) is 12.1. The van der Waals surface area contributed by atoms with Gasteiger partial charge in [-0.2, -0.15) is 0 Å². The van der Waals surface area contributed by atoms with Crippen LogP contribution in [0, 0.1) is 19.3 Å². The predicted octanol–water partition coefficient (Wildman–Crippen LogP) is 4.37. The number of phenols is 1. The van der Waals surface area contributed by atoms with Gasteiger partial charge in [0.2, 0.25) is 5.91 Å². The summed E-state index contributed by atoms with van der Waals surface area (Å²) in [5.41, 5.74) is 8.10. The highest BCUT2D eigenvalue weighted by atomic mass is 16.5. The van der Waals surface area contributed by atoms with Crippen LogP contribution < -0.4 is 15.8 Å². The van der Waals surface area contributed by atoms with E-state index >= 15 is 0 Å². The number of anilines is 2. The van der Waals surface area contributed by atoms with E-state index in [1.165, 1.54) is 6.07 Å². The van der Waals surface area contributed by atoms with Gasteiger partial charge in [0, 0.05) is 17.2 Å². The van der Waals surface area contributed by atoms with Gasteiger partial charge in [-0.25, -0.2) is 0 Å². The first kappa shape index (κ1) is 17.7. The summed E-state index contributed by atoms with van der Waals surface area (Å²) in [6.45, 7) is 9.26. The standard InChI is InChI=1S/C19H24N2O3/c1-11-8-13(20)9-12(2)17(11)24-14-6-7-16(22)15(10-14)21-18(23)19(3,4)5/h6-10,22H,20H2,1-5H3,(H,21,23). The number of nitrogen functional groups attached to an aromatic ring is 1. The molecule has 1 amide bonds.